The zero-order valence-electron chi connectivity index (χ0n) is 18.1. The minimum Gasteiger partial charge on any atom is -1.00 e. The first-order valence-electron chi connectivity index (χ1n) is 9.48. The Hall–Kier alpha value is 0.640. The molecule has 4 heteroatoms. The van der Waals surface area contributed by atoms with Crippen LogP contribution < -0.4 is 24.8 Å². The molecule has 0 saturated heterocycles. The zero-order valence-corrected chi connectivity index (χ0v) is 23.0. The molecule has 1 aliphatic heterocycles. The van der Waals surface area contributed by atoms with Gasteiger partial charge in [-0.25, -0.2) is 0 Å². The maximum atomic E-state index is 2.64. The van der Waals surface area contributed by atoms with E-state index in [0.29, 0.717) is 11.8 Å². The summed E-state index contributed by atoms with van der Waals surface area (Å²) in [6, 6.07) is 0. The van der Waals surface area contributed by atoms with Crippen molar-refractivity contribution in [1.29, 1.82) is 0 Å². The summed E-state index contributed by atoms with van der Waals surface area (Å²) in [5, 5.41) is 3.74. The average molecular weight is 489 g/mol. The normalized spacial score (nSPS) is 26.7. The third-order valence-electron chi connectivity index (χ3n) is 5.96. The summed E-state index contributed by atoms with van der Waals surface area (Å²) in [4.78, 5) is 0. The van der Waals surface area contributed by atoms with Crippen LogP contribution in [0.15, 0.2) is 40.3 Å². The molecule has 0 aromatic carbocycles. The molecular weight excluding hydrogens is 454 g/mol. The average Bonchev–Trinajstić information content (AvgIpc) is 2.89. The van der Waals surface area contributed by atoms with Crippen molar-refractivity contribution in [3.63, 3.8) is 0 Å². The van der Waals surface area contributed by atoms with Gasteiger partial charge in [-0.2, -0.15) is 0 Å². The van der Waals surface area contributed by atoms with E-state index in [1.165, 1.54) is 0 Å². The zero-order chi connectivity index (χ0) is 18.2. The molecule has 0 saturated carbocycles. The van der Waals surface area contributed by atoms with E-state index in [1.54, 1.807) is 11.1 Å². The van der Waals surface area contributed by atoms with E-state index in [1.807, 2.05) is 17.0 Å². The van der Waals surface area contributed by atoms with E-state index in [9.17, 15) is 0 Å². The molecule has 0 fully saturated rings. The van der Waals surface area contributed by atoms with Crippen molar-refractivity contribution in [2.75, 3.05) is 0 Å². The van der Waals surface area contributed by atoms with Crippen LogP contribution in [0, 0.1) is 22.7 Å². The topological polar surface area (TPSA) is 0 Å². The standard InChI is InChI=1S/C22H34Si.2ClH.Zr/c1-15-11-17(21(3,4)5)19(13-15)23(9,10)20-14-16(2)12-18(20)22(6,7)8;;;/h11-12,15-16H,1-10H3;2*1H;/q;;;+2/p-2. The van der Waals surface area contributed by atoms with Gasteiger partial charge in [0.2, 0.25) is 0 Å². The molecule has 0 amide bonds. The quantitative estimate of drug-likeness (QED) is 0.439. The van der Waals surface area contributed by atoms with E-state index in [0.717, 1.165) is 0 Å². The Morgan fingerprint density at radius 1 is 0.731 bits per heavy atom. The molecule has 0 spiro atoms. The van der Waals surface area contributed by atoms with Gasteiger partial charge < -0.3 is 24.8 Å². The molecule has 26 heavy (non-hydrogen) atoms. The smallest absolute Gasteiger partial charge is 1.00 e. The van der Waals surface area contributed by atoms with Gasteiger partial charge in [-0.3, -0.25) is 0 Å². The molecule has 3 rings (SSSR count). The molecule has 144 valence electrons. The molecule has 0 radical (unpaired) electrons. The van der Waals surface area contributed by atoms with Crippen LogP contribution in [0.4, 0.5) is 0 Å². The minimum atomic E-state index is -1.61. The largest absolute Gasteiger partial charge is 1.00 e. The third kappa shape index (κ3) is 3.74. The molecular formula is C22H34Cl2SiZr. The Kier molecular flexibility index (Phi) is 7.09. The Bertz CT molecular complexity index is 664. The van der Waals surface area contributed by atoms with Crippen LogP contribution in [0.25, 0.3) is 0 Å². The van der Waals surface area contributed by atoms with Gasteiger partial charge in [0.1, 0.15) is 0 Å². The molecule has 0 bridgehead atoms. The van der Waals surface area contributed by atoms with Crippen LogP contribution in [0.2, 0.25) is 13.1 Å². The predicted octanol–water partition coefficient (Wildman–Crippen LogP) is 0.630. The molecule has 0 nitrogen and oxygen atoms in total. The fourth-order valence-electron chi connectivity index (χ4n) is 4.80. The van der Waals surface area contributed by atoms with Crippen molar-refractivity contribution >= 4 is 8.07 Å². The maximum absolute atomic E-state index is 2.64. The summed E-state index contributed by atoms with van der Waals surface area (Å²) < 4.78 is 3.85. The van der Waals surface area contributed by atoms with Crippen LogP contribution in [0.5, 0.6) is 0 Å². The summed E-state index contributed by atoms with van der Waals surface area (Å²) in [5.74, 6) is 1.40. The first kappa shape index (κ1) is 24.7. The molecule has 2 aliphatic carbocycles. The van der Waals surface area contributed by atoms with Crippen LogP contribution in [0.1, 0.15) is 55.4 Å². The second kappa shape index (κ2) is 7.47. The van der Waals surface area contributed by atoms with Crippen molar-refractivity contribution in [2.24, 2.45) is 22.7 Å². The van der Waals surface area contributed by atoms with Crippen molar-refractivity contribution in [3.05, 3.63) is 40.3 Å². The predicted molar refractivity (Wildman–Crippen MR) is 105 cm³/mol. The molecule has 0 aromatic heterocycles. The Balaban J connectivity index is 0.00000169. The van der Waals surface area contributed by atoms with E-state index < -0.39 is 31.3 Å². The van der Waals surface area contributed by atoms with Crippen molar-refractivity contribution in [2.45, 2.75) is 68.5 Å². The number of halogens is 2. The SMILES string of the molecule is CC1C=C(C(C)(C)C)C2=[C]1[Zr+2][C]1=C(C(C(C)(C)C)=CC1C)[Si]2(C)C.[Cl-].[Cl-]. The second-order valence-corrected chi connectivity index (χ2v) is 18.1. The number of rotatable bonds is 0. The van der Waals surface area contributed by atoms with E-state index in [2.05, 4.69) is 80.6 Å². The summed E-state index contributed by atoms with van der Waals surface area (Å²) >= 11 is -0.624. The Morgan fingerprint density at radius 2 is 1.04 bits per heavy atom. The van der Waals surface area contributed by atoms with E-state index in [4.69, 9.17) is 0 Å². The Labute approximate surface area is 186 Å². The van der Waals surface area contributed by atoms with Gasteiger partial charge in [-0.05, 0) is 0 Å². The van der Waals surface area contributed by atoms with Crippen LogP contribution in [-0.4, -0.2) is 8.07 Å². The third-order valence-corrected chi connectivity index (χ3v) is 15.6. The van der Waals surface area contributed by atoms with Gasteiger partial charge >= 0.3 is 163 Å². The van der Waals surface area contributed by atoms with Crippen molar-refractivity contribution in [3.8, 4) is 0 Å². The second-order valence-electron chi connectivity index (χ2n) is 10.6. The van der Waals surface area contributed by atoms with Gasteiger partial charge in [0.15, 0.2) is 0 Å². The van der Waals surface area contributed by atoms with Gasteiger partial charge in [0.25, 0.3) is 0 Å². The van der Waals surface area contributed by atoms with E-state index in [-0.39, 0.29) is 35.6 Å². The number of hydrogen-bond acceptors (Lipinski definition) is 0. The molecule has 3 aliphatic rings. The molecule has 0 N–H and O–H groups in total. The monoisotopic (exact) mass is 486 g/mol. The van der Waals surface area contributed by atoms with E-state index >= 15 is 0 Å². The van der Waals surface area contributed by atoms with Gasteiger partial charge in [0, 0.05) is 0 Å². The fourth-order valence-corrected chi connectivity index (χ4v) is 18.0. The van der Waals surface area contributed by atoms with Gasteiger partial charge in [0.05, 0.1) is 0 Å². The number of hydrogen-bond donors (Lipinski definition) is 0. The first-order valence-corrected chi connectivity index (χ1v) is 14.9. The summed E-state index contributed by atoms with van der Waals surface area (Å²) in [5.41, 5.74) is 3.95. The van der Waals surface area contributed by atoms with Crippen molar-refractivity contribution in [1.82, 2.24) is 0 Å². The van der Waals surface area contributed by atoms with Crippen LogP contribution in [-0.2, 0) is 23.2 Å². The fraction of sp³-hybridized carbons (Fsp3) is 0.636. The summed E-state index contributed by atoms with van der Waals surface area (Å²) in [7, 11) is -1.61. The molecule has 2 atom stereocenters. The minimum absolute atomic E-state index is 0. The van der Waals surface area contributed by atoms with Crippen LogP contribution in [0.3, 0.4) is 0 Å². The van der Waals surface area contributed by atoms with Gasteiger partial charge in [-0.15, -0.1) is 0 Å². The van der Waals surface area contributed by atoms with Crippen LogP contribution >= 0.6 is 0 Å². The molecule has 0 aromatic rings. The summed E-state index contributed by atoms with van der Waals surface area (Å²) in [6.45, 7) is 24.7. The summed E-state index contributed by atoms with van der Waals surface area (Å²) in [6.07, 6.45) is 5.27. The molecule has 2 unspecified atom stereocenters. The maximum Gasteiger partial charge on any atom is -1.00 e. The first-order chi connectivity index (χ1) is 10.8. The molecule has 1 heterocycles. The van der Waals surface area contributed by atoms with Gasteiger partial charge in [-0.1, -0.05) is 0 Å². The Morgan fingerprint density at radius 3 is 1.31 bits per heavy atom. The van der Waals surface area contributed by atoms with Crippen molar-refractivity contribution < 1.29 is 48.0 Å². The number of allylic oxidation sites excluding steroid dienone is 8.